The fourth-order valence-corrected chi connectivity index (χ4v) is 4.23. The summed E-state index contributed by atoms with van der Waals surface area (Å²) >= 11 is 0. The van der Waals surface area contributed by atoms with Crippen molar-refractivity contribution in [1.82, 2.24) is 9.55 Å². The predicted octanol–water partition coefficient (Wildman–Crippen LogP) is 1.14. The number of rotatable bonds is 8. The molecule has 0 radical (unpaired) electrons. The van der Waals surface area contributed by atoms with Gasteiger partial charge in [-0.15, -0.1) is 0 Å². The summed E-state index contributed by atoms with van der Waals surface area (Å²) in [6, 6.07) is 10.3. The first kappa shape index (κ1) is 24.5. The van der Waals surface area contributed by atoms with Gasteiger partial charge in [0.05, 0.1) is 13.1 Å². The van der Waals surface area contributed by atoms with Crippen LogP contribution in [0.5, 0.6) is 0 Å². The molecule has 33 heavy (non-hydrogen) atoms. The molecule has 0 saturated heterocycles. The van der Waals surface area contributed by atoms with Crippen LogP contribution in [0.25, 0.3) is 5.57 Å². The number of nitrogens with one attached hydrogen (secondary N) is 2. The Bertz CT molecular complexity index is 1120. The molecule has 8 heteroatoms. The van der Waals surface area contributed by atoms with Gasteiger partial charge in [-0.2, -0.15) is 0 Å². The molecule has 0 spiro atoms. The first-order valence-electron chi connectivity index (χ1n) is 11.7. The monoisotopic (exact) mass is 454 g/mol. The Morgan fingerprint density at radius 2 is 1.85 bits per heavy atom. The summed E-state index contributed by atoms with van der Waals surface area (Å²) in [6.07, 6.45) is 3.08. The van der Waals surface area contributed by atoms with Crippen molar-refractivity contribution in [2.75, 3.05) is 36.8 Å². The zero-order valence-corrected chi connectivity index (χ0v) is 20.1. The number of H-pyrrole nitrogens is 1. The molecule has 178 valence electrons. The molecule has 1 aromatic heterocycles. The minimum Gasteiger partial charge on any atom is -0.383 e. The summed E-state index contributed by atoms with van der Waals surface area (Å²) < 4.78 is 1.35. The molecule has 0 fully saturated rings. The minimum absolute atomic E-state index is 0.0475. The Morgan fingerprint density at radius 1 is 1.15 bits per heavy atom. The van der Waals surface area contributed by atoms with Gasteiger partial charge in [-0.25, -0.2) is 4.79 Å². The fraction of sp³-hybridized carbons (Fsp3) is 0.480. The number of carbonyl (C=O) groups is 1. The number of carbonyl (C=O) groups excluding carboxylic acids is 1. The maximum absolute atomic E-state index is 13.4. The van der Waals surface area contributed by atoms with E-state index >= 15 is 0 Å². The lowest BCUT2D eigenvalue weighted by molar-refractivity contribution is -0.886. The number of hydrogen-bond donors (Lipinski definition) is 3. The maximum atomic E-state index is 13.4. The van der Waals surface area contributed by atoms with Crippen LogP contribution in [-0.4, -0.2) is 41.6 Å². The summed E-state index contributed by atoms with van der Waals surface area (Å²) in [6.45, 7) is 10.4. The van der Waals surface area contributed by atoms with Crippen molar-refractivity contribution in [2.45, 2.75) is 40.7 Å². The van der Waals surface area contributed by atoms with Crippen molar-refractivity contribution >= 4 is 23.0 Å². The number of aromatic nitrogens is 2. The third-order valence-electron chi connectivity index (χ3n) is 5.81. The smallest absolute Gasteiger partial charge is 0.330 e. The van der Waals surface area contributed by atoms with Crippen molar-refractivity contribution in [1.29, 1.82) is 0 Å². The largest absolute Gasteiger partial charge is 0.383 e. The van der Waals surface area contributed by atoms with E-state index in [2.05, 4.69) is 23.2 Å². The van der Waals surface area contributed by atoms with Crippen LogP contribution in [0.2, 0.25) is 0 Å². The van der Waals surface area contributed by atoms with E-state index < -0.39 is 11.2 Å². The van der Waals surface area contributed by atoms with Gasteiger partial charge in [0.25, 0.3) is 11.5 Å². The SMILES string of the molecule is CC(C)CN(C(=O)C[NH+]1CC=C(c2ccccc2)CC1)c1c(N)n(CC(C)C)c(=O)[nH]c1=O. The number of nitrogens with two attached hydrogens (primary N) is 1. The van der Waals surface area contributed by atoms with E-state index in [0.717, 1.165) is 24.4 Å². The molecule has 4 N–H and O–H groups in total. The third kappa shape index (κ3) is 6.01. The van der Waals surface area contributed by atoms with Crippen molar-refractivity contribution in [2.24, 2.45) is 11.8 Å². The number of aromatic amines is 1. The van der Waals surface area contributed by atoms with Crippen LogP contribution >= 0.6 is 0 Å². The second-order valence-corrected chi connectivity index (χ2v) is 9.62. The predicted molar refractivity (Wildman–Crippen MR) is 132 cm³/mol. The van der Waals surface area contributed by atoms with Crippen molar-refractivity contribution < 1.29 is 9.69 Å². The third-order valence-corrected chi connectivity index (χ3v) is 5.81. The number of hydrogen-bond acceptors (Lipinski definition) is 4. The van der Waals surface area contributed by atoms with E-state index in [1.54, 1.807) is 0 Å². The van der Waals surface area contributed by atoms with E-state index in [0.29, 0.717) is 13.1 Å². The molecule has 8 nitrogen and oxygen atoms in total. The van der Waals surface area contributed by atoms with Gasteiger partial charge in [-0.1, -0.05) is 58.0 Å². The van der Waals surface area contributed by atoms with Crippen LogP contribution in [0, 0.1) is 11.8 Å². The van der Waals surface area contributed by atoms with Crippen LogP contribution in [0.3, 0.4) is 0 Å². The molecular formula is C25H36N5O3+. The molecule has 1 aromatic carbocycles. The molecule has 0 bridgehead atoms. The molecule has 0 saturated carbocycles. The van der Waals surface area contributed by atoms with Gasteiger partial charge >= 0.3 is 5.69 Å². The highest BCUT2D eigenvalue weighted by molar-refractivity contribution is 5.96. The van der Waals surface area contributed by atoms with Crippen molar-refractivity contribution in [3.63, 3.8) is 0 Å². The average Bonchev–Trinajstić information content (AvgIpc) is 2.76. The molecule has 0 aliphatic carbocycles. The van der Waals surface area contributed by atoms with Crippen LogP contribution in [0.4, 0.5) is 11.5 Å². The molecule has 3 rings (SSSR count). The first-order chi connectivity index (χ1) is 15.7. The quantitative estimate of drug-likeness (QED) is 0.556. The van der Waals surface area contributed by atoms with E-state index in [-0.39, 0.29) is 35.8 Å². The van der Waals surface area contributed by atoms with E-state index in [1.165, 1.54) is 20.6 Å². The lowest BCUT2D eigenvalue weighted by atomic mass is 9.99. The van der Waals surface area contributed by atoms with Crippen LogP contribution in [0.15, 0.2) is 46.0 Å². The molecular weight excluding hydrogens is 418 g/mol. The number of nitrogen functional groups attached to an aromatic ring is 1. The second-order valence-electron chi connectivity index (χ2n) is 9.62. The van der Waals surface area contributed by atoms with Gasteiger partial charge in [-0.3, -0.25) is 24.0 Å². The van der Waals surface area contributed by atoms with Crippen LogP contribution < -0.4 is 26.8 Å². The van der Waals surface area contributed by atoms with Gasteiger partial charge in [-0.05, 0) is 29.0 Å². The summed E-state index contributed by atoms with van der Waals surface area (Å²) in [5, 5.41) is 0. The van der Waals surface area contributed by atoms with Crippen LogP contribution in [-0.2, 0) is 11.3 Å². The zero-order chi connectivity index (χ0) is 24.1. The summed E-state index contributed by atoms with van der Waals surface area (Å²) in [7, 11) is 0. The Balaban J connectivity index is 1.84. The fourth-order valence-electron chi connectivity index (χ4n) is 4.23. The van der Waals surface area contributed by atoms with Gasteiger partial charge in [0.2, 0.25) is 0 Å². The zero-order valence-electron chi connectivity index (χ0n) is 20.1. The molecule has 1 amide bonds. The van der Waals surface area contributed by atoms with Gasteiger partial charge in [0.1, 0.15) is 5.82 Å². The standard InChI is InChI=1S/C25H35N5O3/c1-17(2)14-29(22-23(26)30(15-18(3)4)25(33)27-24(22)32)21(31)16-28-12-10-20(11-13-28)19-8-6-5-7-9-19/h5-10,17-18H,11-16,26H2,1-4H3,(H,27,32,33)/p+1. The molecule has 1 atom stereocenters. The normalized spacial score (nSPS) is 16.2. The minimum atomic E-state index is -0.619. The van der Waals surface area contributed by atoms with Crippen molar-refractivity contribution in [3.05, 3.63) is 62.8 Å². The van der Waals surface area contributed by atoms with E-state index in [4.69, 9.17) is 5.73 Å². The Morgan fingerprint density at radius 3 is 2.42 bits per heavy atom. The summed E-state index contributed by atoms with van der Waals surface area (Å²) in [5.41, 5.74) is 7.72. The first-order valence-corrected chi connectivity index (χ1v) is 11.7. The number of amides is 1. The van der Waals surface area contributed by atoms with Gasteiger partial charge < -0.3 is 10.6 Å². The van der Waals surface area contributed by atoms with Gasteiger partial charge in [0.15, 0.2) is 12.2 Å². The number of quaternary nitrogens is 1. The topological polar surface area (TPSA) is 106 Å². The number of nitrogens with zero attached hydrogens (tertiary/aromatic N) is 2. The molecule has 2 aromatic rings. The lowest BCUT2D eigenvalue weighted by Gasteiger charge is -2.29. The van der Waals surface area contributed by atoms with Crippen LogP contribution in [0.1, 0.15) is 39.7 Å². The summed E-state index contributed by atoms with van der Waals surface area (Å²) in [4.78, 5) is 43.5. The molecule has 1 aliphatic rings. The van der Waals surface area contributed by atoms with Gasteiger partial charge in [0, 0.05) is 19.5 Å². The highest BCUT2D eigenvalue weighted by Gasteiger charge is 2.28. The number of benzene rings is 1. The average molecular weight is 455 g/mol. The number of anilines is 2. The molecule has 1 aliphatic heterocycles. The molecule has 2 heterocycles. The van der Waals surface area contributed by atoms with E-state index in [1.807, 2.05) is 45.9 Å². The Kier molecular flexibility index (Phi) is 7.92. The lowest BCUT2D eigenvalue weighted by Crippen LogP contribution is -3.13. The Hall–Kier alpha value is -3.13. The molecule has 1 unspecified atom stereocenters. The van der Waals surface area contributed by atoms with Crippen molar-refractivity contribution in [3.8, 4) is 0 Å². The Labute approximate surface area is 194 Å². The summed E-state index contributed by atoms with van der Waals surface area (Å²) in [5.74, 6) is 0.161. The van der Waals surface area contributed by atoms with E-state index in [9.17, 15) is 14.4 Å². The maximum Gasteiger partial charge on any atom is 0.330 e. The highest BCUT2D eigenvalue weighted by atomic mass is 16.2. The highest BCUT2D eigenvalue weighted by Crippen LogP contribution is 2.20. The second kappa shape index (κ2) is 10.7.